The molecule has 3 rings (SSSR count). The number of carbonyl (C=O) groups is 2. The lowest BCUT2D eigenvalue weighted by Gasteiger charge is -2.32. The van der Waals surface area contributed by atoms with Crippen LogP contribution >= 0.6 is 15.9 Å². The molecule has 0 aliphatic carbocycles. The third kappa shape index (κ3) is 7.69. The number of aryl methyl sites for hydroxylation is 3. The highest BCUT2D eigenvalue weighted by molar-refractivity contribution is 9.10. The second-order valence-corrected chi connectivity index (χ2v) is 10.3. The van der Waals surface area contributed by atoms with E-state index in [0.717, 1.165) is 32.3 Å². The van der Waals surface area contributed by atoms with Gasteiger partial charge >= 0.3 is 0 Å². The fraction of sp³-hybridized carbons (Fsp3) is 0.333. The molecule has 6 heteroatoms. The van der Waals surface area contributed by atoms with Crippen molar-refractivity contribution in [3.8, 4) is 5.75 Å². The van der Waals surface area contributed by atoms with Crippen LogP contribution in [-0.4, -0.2) is 35.4 Å². The molecule has 0 saturated heterocycles. The molecule has 2 amide bonds. The number of carbonyl (C=O) groups excluding carboxylic acids is 2. The van der Waals surface area contributed by atoms with E-state index in [2.05, 4.69) is 21.2 Å². The number of hydrogen-bond acceptors (Lipinski definition) is 3. The first kappa shape index (κ1) is 27.5. The minimum Gasteiger partial charge on any atom is -0.484 e. The van der Waals surface area contributed by atoms with Gasteiger partial charge in [-0.2, -0.15) is 0 Å². The molecule has 1 atom stereocenters. The highest BCUT2D eigenvalue weighted by Gasteiger charge is 2.31. The van der Waals surface area contributed by atoms with Crippen LogP contribution in [-0.2, 0) is 22.6 Å². The first-order valence-corrected chi connectivity index (χ1v) is 13.0. The smallest absolute Gasteiger partial charge is 0.261 e. The van der Waals surface area contributed by atoms with Crippen LogP contribution in [0, 0.1) is 20.8 Å². The maximum Gasteiger partial charge on any atom is 0.261 e. The van der Waals surface area contributed by atoms with Crippen LogP contribution in [0.5, 0.6) is 5.75 Å². The number of halogens is 1. The van der Waals surface area contributed by atoms with Crippen molar-refractivity contribution in [1.82, 2.24) is 10.2 Å². The number of amides is 2. The molecule has 1 unspecified atom stereocenters. The van der Waals surface area contributed by atoms with E-state index < -0.39 is 6.04 Å². The zero-order valence-electron chi connectivity index (χ0n) is 21.7. The molecule has 0 aromatic heterocycles. The van der Waals surface area contributed by atoms with Crippen LogP contribution in [0.2, 0.25) is 0 Å². The highest BCUT2D eigenvalue weighted by atomic mass is 79.9. The van der Waals surface area contributed by atoms with Gasteiger partial charge in [-0.3, -0.25) is 9.59 Å². The molecule has 190 valence electrons. The summed E-state index contributed by atoms with van der Waals surface area (Å²) in [5.74, 6) is 0.211. The zero-order chi connectivity index (χ0) is 26.2. The molecule has 36 heavy (non-hydrogen) atoms. The Morgan fingerprint density at radius 3 is 2.17 bits per heavy atom. The van der Waals surface area contributed by atoms with Crippen molar-refractivity contribution >= 4 is 27.7 Å². The average Bonchev–Trinajstić information content (AvgIpc) is 2.83. The molecule has 0 bridgehead atoms. The Balaban J connectivity index is 1.92. The van der Waals surface area contributed by atoms with Gasteiger partial charge in [0.1, 0.15) is 11.8 Å². The average molecular weight is 552 g/mol. The topological polar surface area (TPSA) is 58.6 Å². The van der Waals surface area contributed by atoms with E-state index in [0.29, 0.717) is 18.7 Å². The second kappa shape index (κ2) is 12.7. The second-order valence-electron chi connectivity index (χ2n) is 9.54. The summed E-state index contributed by atoms with van der Waals surface area (Å²) >= 11 is 3.57. The van der Waals surface area contributed by atoms with E-state index in [1.807, 2.05) is 101 Å². The molecule has 0 radical (unpaired) electrons. The van der Waals surface area contributed by atoms with E-state index in [1.165, 1.54) is 0 Å². The molecule has 0 aliphatic rings. The Labute approximate surface area is 223 Å². The molecule has 0 spiro atoms. The van der Waals surface area contributed by atoms with Gasteiger partial charge in [-0.05, 0) is 69.0 Å². The number of nitrogens with zero attached hydrogens (tertiary/aromatic N) is 1. The molecule has 0 heterocycles. The van der Waals surface area contributed by atoms with Gasteiger partial charge in [-0.25, -0.2) is 0 Å². The maximum atomic E-state index is 13.7. The maximum absolute atomic E-state index is 13.7. The lowest BCUT2D eigenvalue weighted by atomic mass is 10.0. The van der Waals surface area contributed by atoms with Gasteiger partial charge in [0.2, 0.25) is 5.91 Å². The normalized spacial score (nSPS) is 11.8. The minimum absolute atomic E-state index is 0.0448. The van der Waals surface area contributed by atoms with E-state index >= 15 is 0 Å². The van der Waals surface area contributed by atoms with Gasteiger partial charge < -0.3 is 15.0 Å². The van der Waals surface area contributed by atoms with E-state index in [9.17, 15) is 9.59 Å². The predicted octanol–water partition coefficient (Wildman–Crippen LogP) is 5.92. The van der Waals surface area contributed by atoms with Crippen LogP contribution < -0.4 is 10.1 Å². The molecule has 0 aliphatic heterocycles. The monoisotopic (exact) mass is 550 g/mol. The summed E-state index contributed by atoms with van der Waals surface area (Å²) in [6.45, 7) is 9.99. The van der Waals surface area contributed by atoms with Crippen molar-refractivity contribution in [2.75, 3.05) is 6.61 Å². The summed E-state index contributed by atoms with van der Waals surface area (Å²) in [7, 11) is 0. The fourth-order valence-corrected chi connectivity index (χ4v) is 4.39. The molecule has 0 saturated carbocycles. The number of hydrogen-bond donors (Lipinski definition) is 1. The van der Waals surface area contributed by atoms with Crippen LogP contribution in [0.15, 0.2) is 71.2 Å². The molecule has 0 fully saturated rings. The summed E-state index contributed by atoms with van der Waals surface area (Å²) in [6, 6.07) is 20.9. The summed E-state index contributed by atoms with van der Waals surface area (Å²) < 4.78 is 6.97. The van der Waals surface area contributed by atoms with Crippen LogP contribution in [0.1, 0.15) is 41.7 Å². The largest absolute Gasteiger partial charge is 0.484 e. The Hall–Kier alpha value is -3.12. The summed E-state index contributed by atoms with van der Waals surface area (Å²) in [4.78, 5) is 28.7. The first-order valence-electron chi connectivity index (χ1n) is 12.2. The van der Waals surface area contributed by atoms with E-state index in [1.54, 1.807) is 4.90 Å². The third-order valence-electron chi connectivity index (χ3n) is 5.91. The molecule has 3 aromatic rings. The Bertz CT molecular complexity index is 1170. The molecular weight excluding hydrogens is 516 g/mol. The third-order valence-corrected chi connectivity index (χ3v) is 7.16. The predicted molar refractivity (Wildman–Crippen MR) is 148 cm³/mol. The minimum atomic E-state index is -0.681. The van der Waals surface area contributed by atoms with Crippen molar-refractivity contribution in [2.24, 2.45) is 0 Å². The Morgan fingerprint density at radius 1 is 0.917 bits per heavy atom. The lowest BCUT2D eigenvalue weighted by Crippen LogP contribution is -2.52. The quantitative estimate of drug-likeness (QED) is 0.341. The fourth-order valence-electron chi connectivity index (χ4n) is 4.16. The van der Waals surface area contributed by atoms with Gasteiger partial charge in [-0.15, -0.1) is 0 Å². The summed E-state index contributed by atoms with van der Waals surface area (Å²) in [5.41, 5.74) is 5.13. The van der Waals surface area contributed by atoms with Crippen molar-refractivity contribution in [1.29, 1.82) is 0 Å². The highest BCUT2D eigenvalue weighted by Crippen LogP contribution is 2.26. The SMILES string of the molecule is Cc1cccc(CN(C(=O)COc2cc(C)c(Br)c(C)c2)C(Cc2ccccc2)C(=O)NC(C)C)c1. The molecule has 1 N–H and O–H groups in total. The van der Waals surface area contributed by atoms with E-state index in [-0.39, 0.29) is 24.5 Å². The van der Waals surface area contributed by atoms with Gasteiger partial charge in [-0.1, -0.05) is 76.1 Å². The Kier molecular flexibility index (Phi) is 9.71. The Morgan fingerprint density at radius 2 is 1.56 bits per heavy atom. The molecular formula is C30H35BrN2O3. The number of rotatable bonds is 10. The molecule has 5 nitrogen and oxygen atoms in total. The zero-order valence-corrected chi connectivity index (χ0v) is 23.3. The first-order chi connectivity index (χ1) is 17.1. The van der Waals surface area contributed by atoms with E-state index in [4.69, 9.17) is 4.74 Å². The van der Waals surface area contributed by atoms with Crippen molar-refractivity contribution in [2.45, 2.75) is 59.7 Å². The summed E-state index contributed by atoms with van der Waals surface area (Å²) in [6.07, 6.45) is 0.410. The summed E-state index contributed by atoms with van der Waals surface area (Å²) in [5, 5.41) is 3.01. The van der Waals surface area contributed by atoms with Gasteiger partial charge in [0.05, 0.1) is 0 Å². The van der Waals surface area contributed by atoms with Gasteiger partial charge in [0.25, 0.3) is 5.91 Å². The van der Waals surface area contributed by atoms with Crippen molar-refractivity contribution in [3.63, 3.8) is 0 Å². The van der Waals surface area contributed by atoms with Crippen molar-refractivity contribution in [3.05, 3.63) is 99.0 Å². The van der Waals surface area contributed by atoms with Crippen LogP contribution in [0.4, 0.5) is 0 Å². The van der Waals surface area contributed by atoms with Crippen molar-refractivity contribution < 1.29 is 14.3 Å². The number of ether oxygens (including phenoxy) is 1. The van der Waals surface area contributed by atoms with Gasteiger partial charge in [0, 0.05) is 23.5 Å². The standard InChI is InChI=1S/C30H35BrN2O3/c1-20(2)32-30(35)27(17-24-11-7-6-8-12-24)33(18-25-13-9-10-21(3)14-25)28(34)19-36-26-15-22(4)29(31)23(5)16-26/h6-16,20,27H,17-19H2,1-5H3,(H,32,35). The van der Waals surface area contributed by atoms with Gasteiger partial charge in [0.15, 0.2) is 6.61 Å². The number of nitrogens with one attached hydrogen (secondary N) is 1. The van der Waals surface area contributed by atoms with Crippen LogP contribution in [0.3, 0.4) is 0 Å². The van der Waals surface area contributed by atoms with Crippen LogP contribution in [0.25, 0.3) is 0 Å². The molecule has 3 aromatic carbocycles. The lowest BCUT2D eigenvalue weighted by molar-refractivity contribution is -0.143. The number of benzene rings is 3.